The third-order valence-corrected chi connectivity index (χ3v) is 4.53. The van der Waals surface area contributed by atoms with Gasteiger partial charge in [-0.2, -0.15) is 0 Å². The summed E-state index contributed by atoms with van der Waals surface area (Å²) >= 11 is 0. The van der Waals surface area contributed by atoms with E-state index in [0.29, 0.717) is 13.0 Å². The van der Waals surface area contributed by atoms with Crippen molar-refractivity contribution in [3.8, 4) is 0 Å². The van der Waals surface area contributed by atoms with Crippen molar-refractivity contribution < 1.29 is 4.79 Å². The van der Waals surface area contributed by atoms with Gasteiger partial charge in [-0.15, -0.1) is 0 Å². The van der Waals surface area contributed by atoms with Gasteiger partial charge in [0.15, 0.2) is 0 Å². The SMILES string of the molecule is CCC(CC)(CN)C(=O)Cc1nc2ccccc2n1C. The molecule has 4 heteroatoms. The molecule has 0 unspecified atom stereocenters. The van der Waals surface area contributed by atoms with Gasteiger partial charge in [0.1, 0.15) is 11.6 Å². The first-order valence-electron chi connectivity index (χ1n) is 7.21. The van der Waals surface area contributed by atoms with Crippen LogP contribution in [0, 0.1) is 5.41 Å². The Morgan fingerprint density at radius 3 is 2.50 bits per heavy atom. The number of ketones is 1. The topological polar surface area (TPSA) is 60.9 Å². The van der Waals surface area contributed by atoms with Crippen molar-refractivity contribution in [2.75, 3.05) is 6.54 Å². The van der Waals surface area contributed by atoms with Gasteiger partial charge in [0.05, 0.1) is 17.5 Å². The van der Waals surface area contributed by atoms with E-state index >= 15 is 0 Å². The number of benzene rings is 1. The summed E-state index contributed by atoms with van der Waals surface area (Å²) in [7, 11) is 1.96. The largest absolute Gasteiger partial charge is 0.331 e. The average Bonchev–Trinajstić information content (AvgIpc) is 2.78. The highest BCUT2D eigenvalue weighted by Crippen LogP contribution is 2.28. The zero-order valence-corrected chi connectivity index (χ0v) is 12.5. The molecule has 0 radical (unpaired) electrons. The van der Waals surface area contributed by atoms with Gasteiger partial charge < -0.3 is 10.3 Å². The quantitative estimate of drug-likeness (QED) is 0.879. The Balaban J connectivity index is 2.32. The third-order valence-electron chi connectivity index (χ3n) is 4.53. The van der Waals surface area contributed by atoms with Gasteiger partial charge in [0.2, 0.25) is 0 Å². The van der Waals surface area contributed by atoms with Crippen LogP contribution in [0.2, 0.25) is 0 Å². The first kappa shape index (κ1) is 14.7. The minimum absolute atomic E-state index is 0.198. The highest BCUT2D eigenvalue weighted by molar-refractivity contribution is 5.87. The normalized spacial score (nSPS) is 12.0. The van der Waals surface area contributed by atoms with E-state index in [4.69, 9.17) is 5.73 Å². The maximum Gasteiger partial charge on any atom is 0.147 e. The van der Waals surface area contributed by atoms with E-state index in [1.165, 1.54) is 0 Å². The predicted molar refractivity (Wildman–Crippen MR) is 81.5 cm³/mol. The first-order valence-corrected chi connectivity index (χ1v) is 7.21. The maximum atomic E-state index is 12.6. The number of nitrogens with two attached hydrogens (primary N) is 1. The monoisotopic (exact) mass is 273 g/mol. The van der Waals surface area contributed by atoms with E-state index < -0.39 is 5.41 Å². The molecule has 0 aliphatic heterocycles. The van der Waals surface area contributed by atoms with E-state index in [9.17, 15) is 4.79 Å². The van der Waals surface area contributed by atoms with Crippen LogP contribution >= 0.6 is 0 Å². The number of carbonyl (C=O) groups is 1. The summed E-state index contributed by atoms with van der Waals surface area (Å²) in [6, 6.07) is 7.94. The lowest BCUT2D eigenvalue weighted by atomic mass is 9.77. The number of nitrogens with zero attached hydrogens (tertiary/aromatic N) is 2. The Kier molecular flexibility index (Phi) is 4.23. The smallest absolute Gasteiger partial charge is 0.147 e. The molecule has 0 fully saturated rings. The molecule has 1 heterocycles. The summed E-state index contributed by atoms with van der Waals surface area (Å²) in [5, 5.41) is 0. The van der Waals surface area contributed by atoms with E-state index in [1.54, 1.807) is 0 Å². The van der Waals surface area contributed by atoms with E-state index in [2.05, 4.69) is 4.98 Å². The van der Waals surface area contributed by atoms with Gasteiger partial charge in [-0.25, -0.2) is 4.98 Å². The Bertz CT molecular complexity index is 603. The summed E-state index contributed by atoms with van der Waals surface area (Å²) in [6.45, 7) is 4.47. The molecule has 0 saturated carbocycles. The van der Waals surface area contributed by atoms with Crippen LogP contribution in [0.25, 0.3) is 11.0 Å². The van der Waals surface area contributed by atoms with Crippen molar-refractivity contribution >= 4 is 16.8 Å². The highest BCUT2D eigenvalue weighted by atomic mass is 16.1. The lowest BCUT2D eigenvalue weighted by Crippen LogP contribution is -2.39. The van der Waals surface area contributed by atoms with Crippen molar-refractivity contribution in [1.29, 1.82) is 0 Å². The van der Waals surface area contributed by atoms with Crippen LogP contribution in [0.4, 0.5) is 0 Å². The maximum absolute atomic E-state index is 12.6. The lowest BCUT2D eigenvalue weighted by Gasteiger charge is -2.28. The fourth-order valence-corrected chi connectivity index (χ4v) is 2.73. The Labute approximate surface area is 120 Å². The number of aryl methyl sites for hydroxylation is 1. The summed E-state index contributed by atoms with van der Waals surface area (Å²) in [5.74, 6) is 1.01. The molecule has 0 aliphatic carbocycles. The van der Waals surface area contributed by atoms with Gasteiger partial charge in [-0.1, -0.05) is 26.0 Å². The molecular formula is C16H23N3O. The zero-order valence-electron chi connectivity index (χ0n) is 12.5. The molecule has 2 rings (SSSR count). The number of Topliss-reactive ketones (excluding diaryl/α,β-unsaturated/α-hetero) is 1. The molecule has 4 nitrogen and oxygen atoms in total. The van der Waals surface area contributed by atoms with Crippen molar-refractivity contribution in [3.63, 3.8) is 0 Å². The van der Waals surface area contributed by atoms with Crippen molar-refractivity contribution in [2.45, 2.75) is 33.1 Å². The second-order valence-electron chi connectivity index (χ2n) is 5.37. The van der Waals surface area contributed by atoms with Crippen LogP contribution < -0.4 is 5.73 Å². The molecular weight excluding hydrogens is 250 g/mol. The third kappa shape index (κ3) is 2.36. The highest BCUT2D eigenvalue weighted by Gasteiger charge is 2.33. The van der Waals surface area contributed by atoms with Crippen molar-refractivity contribution in [2.24, 2.45) is 18.2 Å². The molecule has 1 aromatic carbocycles. The fraction of sp³-hybridized carbons (Fsp3) is 0.500. The Morgan fingerprint density at radius 1 is 1.30 bits per heavy atom. The van der Waals surface area contributed by atoms with Crippen LogP contribution in [-0.2, 0) is 18.3 Å². The van der Waals surface area contributed by atoms with Gasteiger partial charge in [0, 0.05) is 19.0 Å². The molecule has 0 atom stereocenters. The van der Waals surface area contributed by atoms with E-state index in [0.717, 1.165) is 29.7 Å². The molecule has 0 bridgehead atoms. The van der Waals surface area contributed by atoms with Gasteiger partial charge >= 0.3 is 0 Å². The number of imidazole rings is 1. The van der Waals surface area contributed by atoms with Gasteiger partial charge in [-0.05, 0) is 25.0 Å². The summed E-state index contributed by atoms with van der Waals surface area (Å²) in [4.78, 5) is 17.2. The molecule has 1 aromatic heterocycles. The van der Waals surface area contributed by atoms with Crippen LogP contribution in [0.5, 0.6) is 0 Å². The molecule has 0 aliphatic rings. The molecule has 0 spiro atoms. The summed E-state index contributed by atoms with van der Waals surface area (Å²) < 4.78 is 2.00. The Morgan fingerprint density at radius 2 is 1.95 bits per heavy atom. The number of rotatable bonds is 6. The lowest BCUT2D eigenvalue weighted by molar-refractivity contribution is -0.128. The standard InChI is InChI=1S/C16H23N3O/c1-4-16(5-2,11-17)14(20)10-15-18-12-8-6-7-9-13(12)19(15)3/h6-9H,4-5,10-11,17H2,1-3H3. The fourth-order valence-electron chi connectivity index (χ4n) is 2.73. The number of fused-ring (bicyclic) bond motifs is 1. The van der Waals surface area contributed by atoms with E-state index in [1.807, 2.05) is 49.7 Å². The minimum atomic E-state index is -0.405. The van der Waals surface area contributed by atoms with E-state index in [-0.39, 0.29) is 5.78 Å². The molecule has 2 aromatic rings. The van der Waals surface area contributed by atoms with Crippen molar-refractivity contribution in [1.82, 2.24) is 9.55 Å². The average molecular weight is 273 g/mol. The van der Waals surface area contributed by atoms with Crippen LogP contribution in [0.3, 0.4) is 0 Å². The van der Waals surface area contributed by atoms with Crippen LogP contribution in [0.15, 0.2) is 24.3 Å². The summed E-state index contributed by atoms with van der Waals surface area (Å²) in [6.07, 6.45) is 1.91. The molecule has 20 heavy (non-hydrogen) atoms. The molecule has 2 N–H and O–H groups in total. The van der Waals surface area contributed by atoms with Crippen molar-refractivity contribution in [3.05, 3.63) is 30.1 Å². The van der Waals surface area contributed by atoms with Gasteiger partial charge in [0.25, 0.3) is 0 Å². The molecule has 0 amide bonds. The predicted octanol–water partition coefficient (Wildman–Crippen LogP) is 2.45. The number of hydrogen-bond acceptors (Lipinski definition) is 3. The zero-order chi connectivity index (χ0) is 14.8. The van der Waals surface area contributed by atoms with Gasteiger partial charge in [-0.3, -0.25) is 4.79 Å². The summed E-state index contributed by atoms with van der Waals surface area (Å²) in [5.41, 5.74) is 7.44. The molecule has 108 valence electrons. The molecule has 0 saturated heterocycles. The number of para-hydroxylation sites is 2. The Hall–Kier alpha value is -1.68. The number of carbonyl (C=O) groups excluding carboxylic acids is 1. The minimum Gasteiger partial charge on any atom is -0.331 e. The number of aromatic nitrogens is 2. The van der Waals surface area contributed by atoms with Crippen LogP contribution in [-0.4, -0.2) is 21.9 Å². The van der Waals surface area contributed by atoms with Crippen LogP contribution in [0.1, 0.15) is 32.5 Å². The first-order chi connectivity index (χ1) is 9.57. The second kappa shape index (κ2) is 5.75. The second-order valence-corrected chi connectivity index (χ2v) is 5.37. The number of hydrogen-bond donors (Lipinski definition) is 1.